The number of ether oxygens (including phenoxy) is 2. The zero-order valence-corrected chi connectivity index (χ0v) is 20.1. The number of hydrogen-bond donors (Lipinski definition) is 1. The molecule has 0 radical (unpaired) electrons. The van der Waals surface area contributed by atoms with Crippen LogP contribution < -0.4 is 14.4 Å². The number of nitrogens with zero attached hydrogens (tertiary/aromatic N) is 1. The molecular formula is C26H21Cl2NO5. The number of amides is 1. The predicted octanol–water partition coefficient (Wildman–Crippen LogP) is 5.95. The number of aliphatic hydroxyl groups excluding tert-OH is 1. The van der Waals surface area contributed by atoms with Gasteiger partial charge in [0, 0.05) is 16.8 Å². The van der Waals surface area contributed by atoms with Gasteiger partial charge in [0.1, 0.15) is 17.3 Å². The minimum absolute atomic E-state index is 0.102. The quantitative estimate of drug-likeness (QED) is 0.268. The van der Waals surface area contributed by atoms with Crippen LogP contribution in [0.5, 0.6) is 11.5 Å². The maximum atomic E-state index is 13.3. The first-order valence-corrected chi connectivity index (χ1v) is 11.1. The third-order valence-electron chi connectivity index (χ3n) is 5.60. The Hall–Kier alpha value is -3.48. The van der Waals surface area contributed by atoms with Crippen LogP contribution in [0.1, 0.15) is 22.7 Å². The molecule has 1 saturated heterocycles. The van der Waals surface area contributed by atoms with Gasteiger partial charge < -0.3 is 14.6 Å². The van der Waals surface area contributed by atoms with Crippen LogP contribution in [0.25, 0.3) is 5.76 Å². The minimum atomic E-state index is -0.908. The van der Waals surface area contributed by atoms with E-state index in [1.54, 1.807) is 30.3 Å². The Labute approximate surface area is 206 Å². The standard InChI is InChI=1S/C26H21Cl2NO5/c1-14-6-4-7-15(10-14)22-21(23(30)19-11-16(27)12-20(28)25(19)34-3)24(31)26(32)29(22)17-8-5-9-18(13-17)33-2/h4-13,22,30H,1-3H3/b23-21+. The fourth-order valence-electron chi connectivity index (χ4n) is 4.10. The number of rotatable bonds is 5. The molecule has 6 nitrogen and oxygen atoms in total. The van der Waals surface area contributed by atoms with E-state index in [9.17, 15) is 14.7 Å². The van der Waals surface area contributed by atoms with Crippen molar-refractivity contribution in [1.82, 2.24) is 0 Å². The smallest absolute Gasteiger partial charge is 0.300 e. The Kier molecular flexibility index (Phi) is 6.55. The van der Waals surface area contributed by atoms with Crippen LogP contribution in [-0.2, 0) is 9.59 Å². The summed E-state index contributed by atoms with van der Waals surface area (Å²) in [6, 6.07) is 16.2. The summed E-state index contributed by atoms with van der Waals surface area (Å²) in [6.07, 6.45) is 0. The molecule has 8 heteroatoms. The van der Waals surface area contributed by atoms with Gasteiger partial charge in [-0.25, -0.2) is 0 Å². The summed E-state index contributed by atoms with van der Waals surface area (Å²) in [5, 5.41) is 11.8. The Balaban J connectivity index is 2.02. The summed E-state index contributed by atoms with van der Waals surface area (Å²) in [5.74, 6) is -1.40. The minimum Gasteiger partial charge on any atom is -0.507 e. The number of halogens is 2. The molecule has 1 aliphatic rings. The number of carbonyl (C=O) groups is 2. The molecule has 1 fully saturated rings. The lowest BCUT2D eigenvalue weighted by Crippen LogP contribution is -2.29. The molecule has 174 valence electrons. The second-order valence-corrected chi connectivity index (χ2v) is 8.60. The fraction of sp³-hybridized carbons (Fsp3) is 0.154. The van der Waals surface area contributed by atoms with Crippen molar-refractivity contribution in [3.63, 3.8) is 0 Å². The predicted molar refractivity (Wildman–Crippen MR) is 132 cm³/mol. The van der Waals surface area contributed by atoms with Gasteiger partial charge in [-0.15, -0.1) is 0 Å². The number of anilines is 1. The first kappa shape index (κ1) is 23.7. The first-order chi connectivity index (χ1) is 16.3. The number of hydrogen-bond acceptors (Lipinski definition) is 5. The van der Waals surface area contributed by atoms with Gasteiger partial charge >= 0.3 is 0 Å². The van der Waals surface area contributed by atoms with Crippen LogP contribution in [0.3, 0.4) is 0 Å². The maximum absolute atomic E-state index is 13.3. The van der Waals surface area contributed by atoms with E-state index in [1.165, 1.54) is 31.3 Å². The topological polar surface area (TPSA) is 76.1 Å². The lowest BCUT2D eigenvalue weighted by atomic mass is 9.94. The number of Topliss-reactive ketones (excluding diaryl/α,β-unsaturated/α-hetero) is 1. The van der Waals surface area contributed by atoms with E-state index in [0.717, 1.165) is 5.56 Å². The normalized spacial score (nSPS) is 17.2. The average molecular weight is 498 g/mol. The van der Waals surface area contributed by atoms with Gasteiger partial charge in [0.25, 0.3) is 11.7 Å². The second kappa shape index (κ2) is 9.41. The zero-order valence-electron chi connectivity index (χ0n) is 18.6. The van der Waals surface area contributed by atoms with Crippen molar-refractivity contribution in [2.24, 2.45) is 0 Å². The van der Waals surface area contributed by atoms with Crippen LogP contribution in [0.4, 0.5) is 5.69 Å². The highest BCUT2D eigenvalue weighted by Gasteiger charge is 2.47. The van der Waals surface area contributed by atoms with Gasteiger partial charge in [-0.1, -0.05) is 59.1 Å². The third kappa shape index (κ3) is 4.11. The average Bonchev–Trinajstić information content (AvgIpc) is 3.08. The zero-order chi connectivity index (χ0) is 24.6. The lowest BCUT2D eigenvalue weighted by molar-refractivity contribution is -0.132. The Morgan fingerprint density at radius 1 is 0.971 bits per heavy atom. The molecule has 1 atom stereocenters. The number of carbonyl (C=O) groups excluding carboxylic acids is 2. The second-order valence-electron chi connectivity index (χ2n) is 7.75. The van der Waals surface area contributed by atoms with E-state index in [1.807, 2.05) is 25.1 Å². The highest BCUT2D eigenvalue weighted by Crippen LogP contribution is 2.45. The van der Waals surface area contributed by atoms with Crippen molar-refractivity contribution in [2.45, 2.75) is 13.0 Å². The van der Waals surface area contributed by atoms with Crippen LogP contribution in [0, 0.1) is 6.92 Å². The molecule has 3 aromatic carbocycles. The molecular weight excluding hydrogens is 477 g/mol. The van der Waals surface area contributed by atoms with Crippen LogP contribution in [-0.4, -0.2) is 31.0 Å². The fourth-order valence-corrected chi connectivity index (χ4v) is 4.67. The van der Waals surface area contributed by atoms with Crippen LogP contribution >= 0.6 is 23.2 Å². The molecule has 1 heterocycles. The molecule has 1 amide bonds. The Bertz CT molecular complexity index is 1330. The van der Waals surface area contributed by atoms with Crippen molar-refractivity contribution in [2.75, 3.05) is 19.1 Å². The summed E-state index contributed by atoms with van der Waals surface area (Å²) in [5.41, 5.74) is 2.03. The third-order valence-corrected chi connectivity index (χ3v) is 6.10. The van der Waals surface area contributed by atoms with E-state index in [4.69, 9.17) is 32.7 Å². The molecule has 0 bridgehead atoms. The van der Waals surface area contributed by atoms with Crippen LogP contribution in [0.2, 0.25) is 10.0 Å². The number of benzene rings is 3. The van der Waals surface area contributed by atoms with E-state index < -0.39 is 23.5 Å². The van der Waals surface area contributed by atoms with Crippen molar-refractivity contribution < 1.29 is 24.2 Å². The summed E-state index contributed by atoms with van der Waals surface area (Å²) >= 11 is 12.4. The van der Waals surface area contributed by atoms with E-state index in [0.29, 0.717) is 17.0 Å². The Morgan fingerprint density at radius 3 is 2.38 bits per heavy atom. The molecule has 1 N–H and O–H groups in total. The molecule has 3 aromatic rings. The van der Waals surface area contributed by atoms with Gasteiger partial charge in [-0.3, -0.25) is 14.5 Å². The van der Waals surface area contributed by atoms with Gasteiger partial charge in [0.2, 0.25) is 0 Å². The monoisotopic (exact) mass is 497 g/mol. The number of aliphatic hydroxyl groups is 1. The van der Waals surface area contributed by atoms with Crippen molar-refractivity contribution in [1.29, 1.82) is 0 Å². The first-order valence-electron chi connectivity index (χ1n) is 10.3. The van der Waals surface area contributed by atoms with Gasteiger partial charge in [-0.05, 0) is 36.8 Å². The summed E-state index contributed by atoms with van der Waals surface area (Å²) in [6.45, 7) is 1.90. The van der Waals surface area contributed by atoms with E-state index in [-0.39, 0.29) is 26.9 Å². The maximum Gasteiger partial charge on any atom is 0.300 e. The molecule has 34 heavy (non-hydrogen) atoms. The number of ketones is 1. The number of methoxy groups -OCH3 is 2. The largest absolute Gasteiger partial charge is 0.507 e. The summed E-state index contributed by atoms with van der Waals surface area (Å²) in [4.78, 5) is 28.0. The molecule has 0 aromatic heterocycles. The van der Waals surface area contributed by atoms with Crippen LogP contribution in [0.15, 0.2) is 66.2 Å². The lowest BCUT2D eigenvalue weighted by Gasteiger charge is -2.26. The summed E-state index contributed by atoms with van der Waals surface area (Å²) < 4.78 is 10.7. The molecule has 1 unspecified atom stereocenters. The highest BCUT2D eigenvalue weighted by molar-refractivity contribution is 6.52. The molecule has 1 aliphatic heterocycles. The molecule has 0 spiro atoms. The van der Waals surface area contributed by atoms with Gasteiger partial charge in [0.05, 0.1) is 36.4 Å². The van der Waals surface area contributed by atoms with Gasteiger partial charge in [-0.2, -0.15) is 0 Å². The summed E-state index contributed by atoms with van der Waals surface area (Å²) in [7, 11) is 2.90. The highest BCUT2D eigenvalue weighted by atomic mass is 35.5. The van der Waals surface area contributed by atoms with Crippen molar-refractivity contribution in [3.8, 4) is 11.5 Å². The molecule has 0 saturated carbocycles. The molecule has 4 rings (SSSR count). The van der Waals surface area contributed by atoms with Crippen molar-refractivity contribution in [3.05, 3.63) is 93.0 Å². The Morgan fingerprint density at radius 2 is 1.71 bits per heavy atom. The molecule has 0 aliphatic carbocycles. The van der Waals surface area contributed by atoms with E-state index >= 15 is 0 Å². The van der Waals surface area contributed by atoms with E-state index in [2.05, 4.69) is 0 Å². The number of aryl methyl sites for hydroxylation is 1. The van der Waals surface area contributed by atoms with Crippen molar-refractivity contribution >= 4 is 46.3 Å². The van der Waals surface area contributed by atoms with Gasteiger partial charge in [0.15, 0.2) is 0 Å². The SMILES string of the molecule is COc1cccc(N2C(=O)C(=O)/C(=C(/O)c3cc(Cl)cc(Cl)c3OC)C2c2cccc(C)c2)c1.